The van der Waals surface area contributed by atoms with Gasteiger partial charge in [-0.2, -0.15) is 0 Å². The van der Waals surface area contributed by atoms with E-state index in [4.69, 9.17) is 9.84 Å². The Kier molecular flexibility index (Phi) is 4.22. The van der Waals surface area contributed by atoms with Crippen LogP contribution in [0.4, 0.5) is 4.79 Å². The van der Waals surface area contributed by atoms with Crippen LogP contribution >= 0.6 is 0 Å². The van der Waals surface area contributed by atoms with Crippen LogP contribution in [0.25, 0.3) is 0 Å². The van der Waals surface area contributed by atoms with Crippen molar-refractivity contribution >= 4 is 12.0 Å². The van der Waals surface area contributed by atoms with Crippen molar-refractivity contribution in [3.05, 3.63) is 0 Å². The van der Waals surface area contributed by atoms with Crippen LogP contribution in [0, 0.1) is 5.92 Å². The number of hydrogen-bond donors (Lipinski definition) is 1. The van der Waals surface area contributed by atoms with Gasteiger partial charge in [0.15, 0.2) is 0 Å². The third-order valence-electron chi connectivity index (χ3n) is 3.82. The first kappa shape index (κ1) is 15.1. The molecule has 6 nitrogen and oxygen atoms in total. The highest BCUT2D eigenvalue weighted by atomic mass is 16.6. The average Bonchev–Trinajstić information content (AvgIpc) is 2.27. The van der Waals surface area contributed by atoms with Gasteiger partial charge in [0.1, 0.15) is 12.1 Å². The van der Waals surface area contributed by atoms with Crippen LogP contribution in [0.5, 0.6) is 0 Å². The minimum absolute atomic E-state index is 0.0245. The highest BCUT2D eigenvalue weighted by Crippen LogP contribution is 2.32. The standard InChI is InChI=1S/C14H24N2O4/c1-14(2,3)20-13(19)15-4-5-16(12(18)8-15)11-6-10(7-11)9-17/h10-11,17H,4-9H2,1-3H3/t10-,11-. The van der Waals surface area contributed by atoms with Crippen molar-refractivity contribution in [2.24, 2.45) is 5.92 Å². The summed E-state index contributed by atoms with van der Waals surface area (Å²) in [5.74, 6) is 0.306. The number of ether oxygens (including phenoxy) is 1. The third kappa shape index (κ3) is 3.42. The van der Waals surface area contributed by atoms with Gasteiger partial charge in [0, 0.05) is 25.7 Å². The second-order valence-electron chi connectivity index (χ2n) is 6.66. The summed E-state index contributed by atoms with van der Waals surface area (Å²) in [7, 11) is 0. The summed E-state index contributed by atoms with van der Waals surface area (Å²) in [4.78, 5) is 27.3. The fourth-order valence-corrected chi connectivity index (χ4v) is 2.66. The largest absolute Gasteiger partial charge is 0.444 e. The summed E-state index contributed by atoms with van der Waals surface area (Å²) in [6.45, 7) is 6.80. The van der Waals surface area contributed by atoms with E-state index in [-0.39, 0.29) is 25.1 Å². The van der Waals surface area contributed by atoms with Crippen LogP contribution in [-0.4, -0.2) is 64.8 Å². The Bertz CT molecular complexity index is 385. The SMILES string of the molecule is CC(C)(C)OC(=O)N1CCN([C@H]2C[C@H](CO)C2)C(=O)C1. The molecule has 114 valence electrons. The van der Waals surface area contributed by atoms with Crippen LogP contribution < -0.4 is 0 Å². The molecule has 0 bridgehead atoms. The quantitative estimate of drug-likeness (QED) is 0.815. The van der Waals surface area contributed by atoms with E-state index in [0.717, 1.165) is 12.8 Å². The molecule has 0 atom stereocenters. The van der Waals surface area contributed by atoms with Crippen LogP contribution in [0.2, 0.25) is 0 Å². The van der Waals surface area contributed by atoms with Gasteiger partial charge < -0.3 is 14.7 Å². The molecule has 0 aromatic heterocycles. The van der Waals surface area contributed by atoms with Gasteiger partial charge in [0.25, 0.3) is 0 Å². The Balaban J connectivity index is 1.83. The van der Waals surface area contributed by atoms with Gasteiger partial charge in [-0.25, -0.2) is 4.79 Å². The Labute approximate surface area is 119 Å². The molecular formula is C14H24N2O4. The molecule has 6 heteroatoms. The van der Waals surface area contributed by atoms with E-state index < -0.39 is 11.7 Å². The van der Waals surface area contributed by atoms with Crippen molar-refractivity contribution < 1.29 is 19.4 Å². The summed E-state index contributed by atoms with van der Waals surface area (Å²) >= 11 is 0. The third-order valence-corrected chi connectivity index (χ3v) is 3.82. The van der Waals surface area contributed by atoms with Crippen LogP contribution in [0.15, 0.2) is 0 Å². The van der Waals surface area contributed by atoms with E-state index in [1.807, 2.05) is 25.7 Å². The lowest BCUT2D eigenvalue weighted by Gasteiger charge is -2.45. The van der Waals surface area contributed by atoms with E-state index in [2.05, 4.69) is 0 Å². The van der Waals surface area contributed by atoms with E-state index >= 15 is 0 Å². The smallest absolute Gasteiger partial charge is 0.410 e. The summed E-state index contributed by atoms with van der Waals surface area (Å²) in [6.07, 6.45) is 1.32. The van der Waals surface area contributed by atoms with Crippen LogP contribution in [0.1, 0.15) is 33.6 Å². The first-order chi connectivity index (χ1) is 9.30. The van der Waals surface area contributed by atoms with E-state index in [1.165, 1.54) is 4.90 Å². The Morgan fingerprint density at radius 1 is 1.35 bits per heavy atom. The molecule has 2 fully saturated rings. The van der Waals surface area contributed by atoms with Crippen molar-refractivity contribution in [1.29, 1.82) is 0 Å². The number of aliphatic hydroxyl groups is 1. The van der Waals surface area contributed by atoms with Gasteiger partial charge in [0.05, 0.1) is 0 Å². The van der Waals surface area contributed by atoms with Crippen molar-refractivity contribution in [2.45, 2.75) is 45.3 Å². The molecule has 0 aromatic carbocycles. The first-order valence-corrected chi connectivity index (χ1v) is 7.18. The highest BCUT2D eigenvalue weighted by molar-refractivity contribution is 5.84. The topological polar surface area (TPSA) is 70.1 Å². The van der Waals surface area contributed by atoms with Crippen molar-refractivity contribution in [3.63, 3.8) is 0 Å². The van der Waals surface area contributed by atoms with E-state index in [1.54, 1.807) is 0 Å². The molecule has 20 heavy (non-hydrogen) atoms. The monoisotopic (exact) mass is 284 g/mol. The molecule has 0 unspecified atom stereocenters. The summed E-state index contributed by atoms with van der Waals surface area (Å²) < 4.78 is 5.28. The van der Waals surface area contributed by atoms with Crippen LogP contribution in [-0.2, 0) is 9.53 Å². The normalized spacial score (nSPS) is 27.3. The van der Waals surface area contributed by atoms with Crippen molar-refractivity contribution in [1.82, 2.24) is 9.80 Å². The van der Waals surface area contributed by atoms with Gasteiger partial charge in [-0.15, -0.1) is 0 Å². The van der Waals surface area contributed by atoms with Crippen LogP contribution in [0.3, 0.4) is 0 Å². The number of hydrogen-bond acceptors (Lipinski definition) is 4. The predicted octanol–water partition coefficient (Wildman–Crippen LogP) is 0.837. The number of piperazine rings is 1. The maximum Gasteiger partial charge on any atom is 0.410 e. The zero-order valence-electron chi connectivity index (χ0n) is 12.5. The lowest BCUT2D eigenvalue weighted by atomic mass is 9.79. The molecule has 2 aliphatic rings. The molecule has 1 heterocycles. The highest BCUT2D eigenvalue weighted by Gasteiger charge is 2.39. The van der Waals surface area contributed by atoms with E-state index in [0.29, 0.717) is 19.0 Å². The fraction of sp³-hybridized carbons (Fsp3) is 0.857. The second-order valence-corrected chi connectivity index (χ2v) is 6.66. The Hall–Kier alpha value is -1.30. The number of carbonyl (C=O) groups excluding carboxylic acids is 2. The fourth-order valence-electron chi connectivity index (χ4n) is 2.66. The Morgan fingerprint density at radius 2 is 2.00 bits per heavy atom. The van der Waals surface area contributed by atoms with Gasteiger partial charge in [0.2, 0.25) is 5.91 Å². The van der Waals surface area contributed by atoms with Crippen molar-refractivity contribution in [3.8, 4) is 0 Å². The van der Waals surface area contributed by atoms with E-state index in [9.17, 15) is 9.59 Å². The molecule has 0 radical (unpaired) electrons. The number of rotatable bonds is 2. The molecule has 1 saturated heterocycles. The molecule has 1 N–H and O–H groups in total. The number of aliphatic hydroxyl groups excluding tert-OH is 1. The zero-order chi connectivity index (χ0) is 14.9. The van der Waals surface area contributed by atoms with Gasteiger partial charge >= 0.3 is 6.09 Å². The average molecular weight is 284 g/mol. The molecule has 1 saturated carbocycles. The second kappa shape index (κ2) is 5.60. The molecule has 0 spiro atoms. The van der Waals surface area contributed by atoms with Crippen molar-refractivity contribution in [2.75, 3.05) is 26.2 Å². The molecule has 1 aliphatic carbocycles. The predicted molar refractivity (Wildman–Crippen MR) is 73.1 cm³/mol. The summed E-state index contributed by atoms with van der Waals surface area (Å²) in [5, 5.41) is 9.02. The zero-order valence-corrected chi connectivity index (χ0v) is 12.5. The lowest BCUT2D eigenvalue weighted by Crippen LogP contribution is -2.58. The summed E-state index contributed by atoms with van der Waals surface area (Å²) in [5.41, 5.74) is -0.542. The van der Waals surface area contributed by atoms with Gasteiger partial charge in [-0.05, 0) is 39.5 Å². The molecule has 1 aliphatic heterocycles. The molecule has 2 rings (SSSR count). The maximum absolute atomic E-state index is 12.1. The van der Waals surface area contributed by atoms with Gasteiger partial charge in [-0.3, -0.25) is 9.69 Å². The lowest BCUT2D eigenvalue weighted by molar-refractivity contribution is -0.142. The Morgan fingerprint density at radius 3 is 2.50 bits per heavy atom. The minimum atomic E-state index is -0.542. The molecular weight excluding hydrogens is 260 g/mol. The molecule has 2 amide bonds. The number of nitrogens with zero attached hydrogens (tertiary/aromatic N) is 2. The van der Waals surface area contributed by atoms with Gasteiger partial charge in [-0.1, -0.05) is 0 Å². The maximum atomic E-state index is 12.1. The summed E-state index contributed by atoms with van der Waals surface area (Å²) in [6, 6.07) is 0.237. The minimum Gasteiger partial charge on any atom is -0.444 e. The first-order valence-electron chi connectivity index (χ1n) is 7.18. The molecule has 0 aromatic rings. The number of amides is 2. The number of carbonyl (C=O) groups is 2.